The van der Waals surface area contributed by atoms with Crippen LogP contribution in [0.25, 0.3) is 0 Å². The average Bonchev–Trinajstić information content (AvgIpc) is 3.17. The lowest BCUT2D eigenvalue weighted by Crippen LogP contribution is -2.14. The summed E-state index contributed by atoms with van der Waals surface area (Å²) in [5, 5.41) is 0. The Morgan fingerprint density at radius 3 is 2.37 bits per heavy atom. The molecule has 0 spiro atoms. The zero-order valence-corrected chi connectivity index (χ0v) is 15.2. The molecule has 1 aliphatic rings. The molecule has 0 aromatic heterocycles. The van der Waals surface area contributed by atoms with E-state index in [-0.39, 0.29) is 25.6 Å². The highest BCUT2D eigenvalue weighted by molar-refractivity contribution is 5.98. The summed E-state index contributed by atoms with van der Waals surface area (Å²) < 4.78 is 25.9. The molecule has 3 rings (SSSR count). The number of rotatable bonds is 8. The van der Waals surface area contributed by atoms with Crippen molar-refractivity contribution in [3.63, 3.8) is 0 Å². The molecule has 2 aromatic rings. The second-order valence-electron chi connectivity index (χ2n) is 5.87. The molecule has 142 valence electrons. The molecule has 27 heavy (non-hydrogen) atoms. The van der Waals surface area contributed by atoms with E-state index in [1.807, 2.05) is 12.1 Å². The Balaban J connectivity index is 1.50. The zero-order chi connectivity index (χ0) is 19.2. The van der Waals surface area contributed by atoms with Gasteiger partial charge in [-0.05, 0) is 42.3 Å². The van der Waals surface area contributed by atoms with E-state index in [0.29, 0.717) is 35.0 Å². The Morgan fingerprint density at radius 1 is 0.963 bits per heavy atom. The minimum atomic E-state index is -0.453. The predicted molar refractivity (Wildman–Crippen MR) is 95.7 cm³/mol. The summed E-state index contributed by atoms with van der Waals surface area (Å²) in [6.45, 7) is -0.184. The third-order valence-corrected chi connectivity index (χ3v) is 4.09. The van der Waals surface area contributed by atoms with Crippen molar-refractivity contribution in [2.24, 2.45) is 0 Å². The summed E-state index contributed by atoms with van der Waals surface area (Å²) in [6, 6.07) is 10.3. The monoisotopic (exact) mass is 372 g/mol. The first-order chi connectivity index (χ1) is 13.1. The van der Waals surface area contributed by atoms with E-state index >= 15 is 0 Å². The highest BCUT2D eigenvalue weighted by Crippen LogP contribution is 2.32. The fourth-order valence-corrected chi connectivity index (χ4v) is 2.63. The van der Waals surface area contributed by atoms with Gasteiger partial charge in [-0.3, -0.25) is 9.59 Å². The molecule has 0 fully saturated rings. The van der Waals surface area contributed by atoms with Gasteiger partial charge in [-0.25, -0.2) is 0 Å². The summed E-state index contributed by atoms with van der Waals surface area (Å²) >= 11 is 0. The molecular formula is C20H20O7. The molecule has 0 amide bonds. The topological polar surface area (TPSA) is 80.3 Å². The fraction of sp³-hybridized carbons (Fsp3) is 0.300. The average molecular weight is 372 g/mol. The minimum absolute atomic E-state index is 0.136. The van der Waals surface area contributed by atoms with Crippen LogP contribution in [0.15, 0.2) is 36.4 Å². The molecule has 0 unspecified atom stereocenters. The van der Waals surface area contributed by atoms with Crippen LogP contribution in [0.4, 0.5) is 0 Å². The van der Waals surface area contributed by atoms with Crippen LogP contribution in [0.1, 0.15) is 22.3 Å². The van der Waals surface area contributed by atoms with Gasteiger partial charge >= 0.3 is 5.97 Å². The smallest absolute Gasteiger partial charge is 0.306 e. The van der Waals surface area contributed by atoms with Gasteiger partial charge in [-0.15, -0.1) is 0 Å². The van der Waals surface area contributed by atoms with Crippen LogP contribution < -0.4 is 18.9 Å². The molecule has 1 aliphatic heterocycles. The lowest BCUT2D eigenvalue weighted by molar-refractivity contribution is -0.142. The number of carbonyl (C=O) groups excluding carboxylic acids is 2. The quantitative estimate of drug-likeness (QED) is 0.521. The summed E-state index contributed by atoms with van der Waals surface area (Å²) in [4.78, 5) is 24.2. The highest BCUT2D eigenvalue weighted by atomic mass is 16.7. The van der Waals surface area contributed by atoms with Gasteiger partial charge in [0.05, 0.1) is 14.2 Å². The number of ketones is 1. The van der Waals surface area contributed by atoms with E-state index in [0.717, 1.165) is 5.56 Å². The number of methoxy groups -OCH3 is 2. The lowest BCUT2D eigenvalue weighted by atomic mass is 10.1. The molecule has 2 aromatic carbocycles. The van der Waals surface area contributed by atoms with Crippen molar-refractivity contribution in [3.8, 4) is 23.0 Å². The van der Waals surface area contributed by atoms with Gasteiger partial charge in [0.1, 0.15) is 11.5 Å². The Bertz CT molecular complexity index is 822. The van der Waals surface area contributed by atoms with Gasteiger partial charge in [0.15, 0.2) is 23.9 Å². The number of esters is 1. The largest absolute Gasteiger partial charge is 0.497 e. The molecule has 0 saturated heterocycles. The second kappa shape index (κ2) is 8.44. The maximum Gasteiger partial charge on any atom is 0.306 e. The highest BCUT2D eigenvalue weighted by Gasteiger charge is 2.17. The molecular weight excluding hydrogens is 352 g/mol. The standard InChI is InChI=1S/C20H20O7/c1-23-15-7-13(8-16(10-15)24-2)3-6-20(22)25-11-17(21)14-4-5-18-19(9-14)27-12-26-18/h4-5,7-10H,3,6,11-12H2,1-2H3. The number of ether oxygens (including phenoxy) is 5. The van der Waals surface area contributed by atoms with E-state index in [1.165, 1.54) is 0 Å². The van der Waals surface area contributed by atoms with Gasteiger partial charge in [0.2, 0.25) is 6.79 Å². The number of fused-ring (bicyclic) bond motifs is 1. The molecule has 0 atom stereocenters. The van der Waals surface area contributed by atoms with E-state index < -0.39 is 5.97 Å². The van der Waals surface area contributed by atoms with Crippen molar-refractivity contribution in [1.82, 2.24) is 0 Å². The molecule has 0 radical (unpaired) electrons. The minimum Gasteiger partial charge on any atom is -0.497 e. The van der Waals surface area contributed by atoms with E-state index in [9.17, 15) is 9.59 Å². The molecule has 0 aliphatic carbocycles. The molecule has 0 saturated carbocycles. The van der Waals surface area contributed by atoms with Gasteiger partial charge in [-0.2, -0.15) is 0 Å². The Kier molecular flexibility index (Phi) is 5.80. The molecule has 1 heterocycles. The number of benzene rings is 2. The first-order valence-corrected chi connectivity index (χ1v) is 8.39. The number of aryl methyl sites for hydroxylation is 1. The van der Waals surface area contributed by atoms with Crippen molar-refractivity contribution in [2.45, 2.75) is 12.8 Å². The van der Waals surface area contributed by atoms with E-state index in [1.54, 1.807) is 38.5 Å². The van der Waals surface area contributed by atoms with Crippen LogP contribution in [0.2, 0.25) is 0 Å². The molecule has 7 heteroatoms. The maximum absolute atomic E-state index is 12.2. The van der Waals surface area contributed by atoms with Crippen molar-refractivity contribution >= 4 is 11.8 Å². The first-order valence-electron chi connectivity index (χ1n) is 8.39. The molecule has 0 bridgehead atoms. The van der Waals surface area contributed by atoms with Crippen LogP contribution in [0.3, 0.4) is 0 Å². The van der Waals surface area contributed by atoms with Crippen LogP contribution >= 0.6 is 0 Å². The van der Waals surface area contributed by atoms with Crippen LogP contribution in [-0.4, -0.2) is 39.4 Å². The van der Waals surface area contributed by atoms with Gasteiger partial charge in [0.25, 0.3) is 0 Å². The first kappa shape index (κ1) is 18.6. The van der Waals surface area contributed by atoms with Crippen LogP contribution in [0, 0.1) is 0 Å². The third kappa shape index (κ3) is 4.69. The third-order valence-electron chi connectivity index (χ3n) is 4.09. The predicted octanol–water partition coefficient (Wildman–Crippen LogP) is 2.79. The van der Waals surface area contributed by atoms with Gasteiger partial charge in [-0.1, -0.05) is 0 Å². The number of hydrogen-bond donors (Lipinski definition) is 0. The number of Topliss-reactive ketones (excluding diaryl/α,β-unsaturated/α-hetero) is 1. The van der Waals surface area contributed by atoms with E-state index in [2.05, 4.69) is 0 Å². The second-order valence-corrected chi connectivity index (χ2v) is 5.87. The zero-order valence-electron chi connectivity index (χ0n) is 15.2. The Labute approximate surface area is 156 Å². The van der Waals surface area contributed by atoms with Crippen molar-refractivity contribution < 1.29 is 33.3 Å². The summed E-state index contributed by atoms with van der Waals surface area (Å²) in [5.74, 6) is 1.65. The maximum atomic E-state index is 12.2. The van der Waals surface area contributed by atoms with Crippen LogP contribution in [-0.2, 0) is 16.0 Å². The van der Waals surface area contributed by atoms with Gasteiger partial charge < -0.3 is 23.7 Å². The van der Waals surface area contributed by atoms with Crippen molar-refractivity contribution in [1.29, 1.82) is 0 Å². The Hall–Kier alpha value is -3.22. The van der Waals surface area contributed by atoms with Crippen molar-refractivity contribution in [3.05, 3.63) is 47.5 Å². The lowest BCUT2D eigenvalue weighted by Gasteiger charge is -2.09. The Morgan fingerprint density at radius 2 is 1.67 bits per heavy atom. The summed E-state index contributed by atoms with van der Waals surface area (Å²) in [5.41, 5.74) is 1.29. The van der Waals surface area contributed by atoms with E-state index in [4.69, 9.17) is 23.7 Å². The van der Waals surface area contributed by atoms with Gasteiger partial charge in [0, 0.05) is 18.1 Å². The summed E-state index contributed by atoms with van der Waals surface area (Å²) in [6.07, 6.45) is 0.593. The normalized spacial score (nSPS) is 11.8. The SMILES string of the molecule is COc1cc(CCC(=O)OCC(=O)c2ccc3c(c2)OCO3)cc(OC)c1. The molecule has 0 N–H and O–H groups in total. The van der Waals surface area contributed by atoms with Crippen LogP contribution in [0.5, 0.6) is 23.0 Å². The van der Waals surface area contributed by atoms with Crippen molar-refractivity contribution in [2.75, 3.05) is 27.6 Å². The summed E-state index contributed by atoms with van der Waals surface area (Å²) in [7, 11) is 3.13. The molecule has 7 nitrogen and oxygen atoms in total. The fourth-order valence-electron chi connectivity index (χ4n) is 2.63. The number of hydrogen-bond acceptors (Lipinski definition) is 7. The number of carbonyl (C=O) groups is 2.